The van der Waals surface area contributed by atoms with Gasteiger partial charge in [-0.25, -0.2) is 4.79 Å². The van der Waals surface area contributed by atoms with Crippen molar-refractivity contribution < 1.29 is 14.7 Å². The van der Waals surface area contributed by atoms with Gasteiger partial charge >= 0.3 is 5.97 Å². The third kappa shape index (κ3) is 2.98. The number of nitrogens with two attached hydrogens (primary N) is 1. The predicted octanol–water partition coefficient (Wildman–Crippen LogP) is 2.90. The lowest BCUT2D eigenvalue weighted by atomic mass is 10.1. The number of hydrogen-bond donors (Lipinski definition) is 2. The fourth-order valence-corrected chi connectivity index (χ4v) is 2.09. The summed E-state index contributed by atoms with van der Waals surface area (Å²) in [5.74, 6) is -1.47. The standard InChI is InChI=1S/C15H13ClN2O3/c1-18(13-5-3-2-4-10(13)15(20)21)14(19)9-6-7-12(17)11(16)8-9/h2-8H,17H2,1H3,(H,20,21). The highest BCUT2D eigenvalue weighted by molar-refractivity contribution is 6.33. The minimum Gasteiger partial charge on any atom is -0.478 e. The molecular formula is C15H13ClN2O3. The third-order valence-corrected chi connectivity index (χ3v) is 3.38. The number of nitrogen functional groups attached to an aromatic ring is 1. The fourth-order valence-electron chi connectivity index (χ4n) is 1.91. The number of carbonyl (C=O) groups excluding carboxylic acids is 1. The second kappa shape index (κ2) is 5.85. The van der Waals surface area contributed by atoms with Gasteiger partial charge in [0, 0.05) is 12.6 Å². The van der Waals surface area contributed by atoms with Crippen LogP contribution in [0.4, 0.5) is 11.4 Å². The van der Waals surface area contributed by atoms with Crippen molar-refractivity contribution >= 4 is 34.9 Å². The summed E-state index contributed by atoms with van der Waals surface area (Å²) in [7, 11) is 1.51. The molecule has 0 spiro atoms. The molecule has 0 heterocycles. The largest absolute Gasteiger partial charge is 0.478 e. The third-order valence-electron chi connectivity index (χ3n) is 3.05. The van der Waals surface area contributed by atoms with E-state index in [0.29, 0.717) is 16.9 Å². The van der Waals surface area contributed by atoms with Crippen molar-refractivity contribution in [3.63, 3.8) is 0 Å². The van der Waals surface area contributed by atoms with Crippen molar-refractivity contribution in [3.8, 4) is 0 Å². The van der Waals surface area contributed by atoms with Crippen LogP contribution in [0.5, 0.6) is 0 Å². The van der Waals surface area contributed by atoms with Gasteiger partial charge in [0.25, 0.3) is 5.91 Å². The topological polar surface area (TPSA) is 83.6 Å². The van der Waals surface area contributed by atoms with Crippen LogP contribution in [0.1, 0.15) is 20.7 Å². The van der Waals surface area contributed by atoms with Crippen LogP contribution < -0.4 is 10.6 Å². The molecule has 2 aromatic rings. The molecule has 6 heteroatoms. The van der Waals surface area contributed by atoms with Gasteiger partial charge < -0.3 is 15.7 Å². The van der Waals surface area contributed by atoms with E-state index in [9.17, 15) is 14.7 Å². The van der Waals surface area contributed by atoms with Gasteiger partial charge in [-0.2, -0.15) is 0 Å². The number of carbonyl (C=O) groups is 2. The number of amides is 1. The molecule has 0 atom stereocenters. The zero-order chi connectivity index (χ0) is 15.6. The molecule has 0 aliphatic rings. The van der Waals surface area contributed by atoms with Crippen LogP contribution in [0, 0.1) is 0 Å². The second-order valence-corrected chi connectivity index (χ2v) is 4.83. The molecule has 21 heavy (non-hydrogen) atoms. The highest BCUT2D eigenvalue weighted by atomic mass is 35.5. The van der Waals surface area contributed by atoms with Crippen LogP contribution in [0.3, 0.4) is 0 Å². The van der Waals surface area contributed by atoms with Gasteiger partial charge in [-0.05, 0) is 30.3 Å². The summed E-state index contributed by atoms with van der Waals surface area (Å²) >= 11 is 5.90. The van der Waals surface area contributed by atoms with Crippen LogP contribution in [0.15, 0.2) is 42.5 Å². The van der Waals surface area contributed by atoms with Crippen LogP contribution in [-0.4, -0.2) is 24.0 Å². The van der Waals surface area contributed by atoms with Gasteiger partial charge in [0.2, 0.25) is 0 Å². The van der Waals surface area contributed by atoms with E-state index in [-0.39, 0.29) is 16.5 Å². The number of halogens is 1. The van der Waals surface area contributed by atoms with Crippen molar-refractivity contribution in [1.82, 2.24) is 0 Å². The number of hydrogen-bond acceptors (Lipinski definition) is 3. The molecule has 0 aliphatic heterocycles. The lowest BCUT2D eigenvalue weighted by Gasteiger charge is -2.19. The summed E-state index contributed by atoms with van der Waals surface area (Å²) in [6.07, 6.45) is 0. The number of carboxylic acid groups (broad SMARTS) is 1. The lowest BCUT2D eigenvalue weighted by molar-refractivity contribution is 0.0697. The van der Waals surface area contributed by atoms with E-state index in [0.717, 1.165) is 0 Å². The molecule has 1 amide bonds. The highest BCUT2D eigenvalue weighted by Crippen LogP contribution is 2.24. The summed E-state index contributed by atoms with van der Waals surface area (Å²) in [6.45, 7) is 0. The molecule has 0 aromatic heterocycles. The summed E-state index contributed by atoms with van der Waals surface area (Å²) in [5, 5.41) is 9.45. The highest BCUT2D eigenvalue weighted by Gasteiger charge is 2.19. The lowest BCUT2D eigenvalue weighted by Crippen LogP contribution is -2.27. The number of para-hydroxylation sites is 1. The van der Waals surface area contributed by atoms with Crippen LogP contribution >= 0.6 is 11.6 Å². The Kier molecular flexibility index (Phi) is 4.14. The van der Waals surface area contributed by atoms with Crippen molar-refractivity contribution in [2.24, 2.45) is 0 Å². The maximum atomic E-state index is 12.4. The Hall–Kier alpha value is -2.53. The fraction of sp³-hybridized carbons (Fsp3) is 0.0667. The molecule has 108 valence electrons. The SMILES string of the molecule is CN(C(=O)c1ccc(N)c(Cl)c1)c1ccccc1C(=O)O. The Morgan fingerprint density at radius 2 is 1.86 bits per heavy atom. The maximum Gasteiger partial charge on any atom is 0.337 e. The van der Waals surface area contributed by atoms with Gasteiger partial charge in [0.1, 0.15) is 0 Å². The molecule has 2 aromatic carbocycles. The quantitative estimate of drug-likeness (QED) is 0.854. The van der Waals surface area contributed by atoms with Crippen molar-refractivity contribution in [3.05, 3.63) is 58.6 Å². The van der Waals surface area contributed by atoms with Crippen molar-refractivity contribution in [2.45, 2.75) is 0 Å². The Morgan fingerprint density at radius 1 is 1.19 bits per heavy atom. The number of anilines is 2. The Bertz CT molecular complexity index is 716. The monoisotopic (exact) mass is 304 g/mol. The molecule has 0 aliphatic carbocycles. The number of aromatic carboxylic acids is 1. The first-order chi connectivity index (χ1) is 9.91. The van der Waals surface area contributed by atoms with E-state index in [2.05, 4.69) is 0 Å². The summed E-state index contributed by atoms with van der Waals surface area (Å²) in [4.78, 5) is 24.9. The van der Waals surface area contributed by atoms with E-state index >= 15 is 0 Å². The zero-order valence-corrected chi connectivity index (χ0v) is 12.0. The summed E-state index contributed by atoms with van der Waals surface area (Å²) < 4.78 is 0. The average molecular weight is 305 g/mol. The van der Waals surface area contributed by atoms with E-state index in [1.807, 2.05) is 0 Å². The van der Waals surface area contributed by atoms with E-state index in [4.69, 9.17) is 17.3 Å². The number of nitrogens with zero attached hydrogens (tertiary/aromatic N) is 1. The minimum atomic E-state index is -1.10. The summed E-state index contributed by atoms with van der Waals surface area (Å²) in [6, 6.07) is 10.8. The molecule has 0 fully saturated rings. The first kappa shape index (κ1) is 14.9. The predicted molar refractivity (Wildman–Crippen MR) is 82.0 cm³/mol. The van der Waals surface area contributed by atoms with Gasteiger partial charge in [-0.3, -0.25) is 4.79 Å². The maximum absolute atomic E-state index is 12.4. The molecule has 0 radical (unpaired) electrons. The zero-order valence-electron chi connectivity index (χ0n) is 11.2. The summed E-state index contributed by atoms with van der Waals surface area (Å²) in [5.41, 5.74) is 6.67. The van der Waals surface area contributed by atoms with Gasteiger partial charge in [0.05, 0.1) is 22.0 Å². The average Bonchev–Trinajstić information content (AvgIpc) is 2.48. The van der Waals surface area contributed by atoms with Gasteiger partial charge in [0.15, 0.2) is 0 Å². The van der Waals surface area contributed by atoms with Crippen molar-refractivity contribution in [2.75, 3.05) is 17.7 Å². The van der Waals surface area contributed by atoms with Crippen LogP contribution in [0.25, 0.3) is 0 Å². The normalized spacial score (nSPS) is 10.2. The minimum absolute atomic E-state index is 0.0508. The molecule has 0 bridgehead atoms. The first-order valence-electron chi connectivity index (χ1n) is 6.07. The van der Waals surface area contributed by atoms with E-state index in [1.165, 1.54) is 30.1 Å². The molecule has 5 nitrogen and oxygen atoms in total. The molecule has 0 saturated carbocycles. The first-order valence-corrected chi connectivity index (χ1v) is 6.45. The molecule has 0 unspecified atom stereocenters. The number of rotatable bonds is 3. The van der Waals surface area contributed by atoms with Gasteiger partial charge in [-0.1, -0.05) is 23.7 Å². The number of carboxylic acids is 1. The van der Waals surface area contributed by atoms with E-state index in [1.54, 1.807) is 24.3 Å². The molecule has 3 N–H and O–H groups in total. The molecule has 2 rings (SSSR count). The van der Waals surface area contributed by atoms with Crippen molar-refractivity contribution in [1.29, 1.82) is 0 Å². The Labute approximate surface area is 126 Å². The van der Waals surface area contributed by atoms with Crippen LogP contribution in [0.2, 0.25) is 5.02 Å². The smallest absolute Gasteiger partial charge is 0.337 e. The molecular weight excluding hydrogens is 292 g/mol. The Morgan fingerprint density at radius 3 is 2.48 bits per heavy atom. The molecule has 0 saturated heterocycles. The second-order valence-electron chi connectivity index (χ2n) is 4.42. The van der Waals surface area contributed by atoms with Crippen LogP contribution in [-0.2, 0) is 0 Å². The Balaban J connectivity index is 2.40. The number of benzene rings is 2. The van der Waals surface area contributed by atoms with Gasteiger partial charge in [-0.15, -0.1) is 0 Å². The van der Waals surface area contributed by atoms with E-state index < -0.39 is 5.97 Å².